The van der Waals surface area contributed by atoms with Crippen LogP contribution in [0, 0.1) is 0 Å². The zero-order valence-corrected chi connectivity index (χ0v) is 18.1. The Morgan fingerprint density at radius 3 is 1.57 bits per heavy atom. The molecule has 1 aliphatic rings. The lowest BCUT2D eigenvalue weighted by atomic mass is 9.77. The van der Waals surface area contributed by atoms with Crippen molar-refractivity contribution in [3.63, 3.8) is 0 Å². The van der Waals surface area contributed by atoms with Gasteiger partial charge in [0.15, 0.2) is 0 Å². The molecule has 4 aromatic rings. The molecule has 0 spiro atoms. The first kappa shape index (κ1) is 17.8. The summed E-state index contributed by atoms with van der Waals surface area (Å²) >= 11 is 3.45. The lowest BCUT2D eigenvalue weighted by Crippen LogP contribution is -2.19. The zero-order chi connectivity index (χ0) is 19.5. The first-order chi connectivity index (χ1) is 13.4. The highest BCUT2D eigenvalue weighted by atomic mass is 32.1. The van der Waals surface area contributed by atoms with E-state index in [0.29, 0.717) is 0 Å². The van der Waals surface area contributed by atoms with Crippen molar-refractivity contribution in [2.75, 3.05) is 0 Å². The molecule has 0 fully saturated rings. The average molecular weight is 403 g/mol. The lowest BCUT2D eigenvalue weighted by Gasteiger charge is -2.27. The average Bonchev–Trinajstić information content (AvgIpc) is 3.38. The number of thiazole rings is 2. The summed E-state index contributed by atoms with van der Waals surface area (Å²) in [6, 6.07) is 17.7. The topological polar surface area (TPSA) is 25.8 Å². The van der Waals surface area contributed by atoms with E-state index in [4.69, 9.17) is 9.97 Å². The normalized spacial score (nSPS) is 16.4. The molecule has 0 radical (unpaired) electrons. The minimum atomic E-state index is -0.204. The van der Waals surface area contributed by atoms with E-state index in [1.165, 1.54) is 22.3 Å². The van der Waals surface area contributed by atoms with Gasteiger partial charge < -0.3 is 0 Å². The van der Waals surface area contributed by atoms with Crippen molar-refractivity contribution in [3.05, 3.63) is 80.4 Å². The van der Waals surface area contributed by atoms with Crippen molar-refractivity contribution in [1.82, 2.24) is 9.97 Å². The molecule has 0 amide bonds. The zero-order valence-electron chi connectivity index (χ0n) is 16.5. The summed E-state index contributed by atoms with van der Waals surface area (Å²) < 4.78 is 0. The van der Waals surface area contributed by atoms with Crippen LogP contribution in [0.3, 0.4) is 0 Å². The number of nitrogens with zero attached hydrogens (tertiary/aromatic N) is 2. The van der Waals surface area contributed by atoms with Crippen LogP contribution in [-0.4, -0.2) is 9.97 Å². The Hall–Kier alpha value is -2.30. The number of hydrogen-bond donors (Lipinski definition) is 0. The van der Waals surface area contributed by atoms with Gasteiger partial charge in [0.1, 0.15) is 10.0 Å². The number of hydrogen-bond acceptors (Lipinski definition) is 4. The molecule has 140 valence electrons. The molecule has 0 atom stereocenters. The van der Waals surface area contributed by atoms with E-state index >= 15 is 0 Å². The highest BCUT2D eigenvalue weighted by Gasteiger charge is 2.31. The van der Waals surface area contributed by atoms with Gasteiger partial charge in [-0.1, -0.05) is 50.2 Å². The van der Waals surface area contributed by atoms with E-state index in [1.54, 1.807) is 22.7 Å². The quantitative estimate of drug-likeness (QED) is 0.320. The standard InChI is InChI=1S/C24H22N2S2/c1-23(2)17-9-5-7-15(11-17)19-13-27-21(25-19)24(3,4)22-26-20(14-28-22)16-8-6-10-18(23)12-16/h5-14H,1-4H3. The molecule has 5 rings (SSSR count). The molecule has 0 N–H and O–H groups in total. The highest BCUT2D eigenvalue weighted by molar-refractivity contribution is 7.11. The fourth-order valence-electron chi connectivity index (χ4n) is 3.78. The van der Waals surface area contributed by atoms with Gasteiger partial charge in [-0.15, -0.1) is 22.7 Å². The number of benzene rings is 2. The minimum absolute atomic E-state index is 0.104. The summed E-state index contributed by atoms with van der Waals surface area (Å²) in [6.45, 7) is 9.03. The molecule has 1 aliphatic heterocycles. The van der Waals surface area contributed by atoms with Crippen molar-refractivity contribution < 1.29 is 0 Å². The van der Waals surface area contributed by atoms with Crippen LogP contribution in [0.25, 0.3) is 22.5 Å². The first-order valence-corrected chi connectivity index (χ1v) is 11.3. The largest absolute Gasteiger partial charge is 0.240 e. The van der Waals surface area contributed by atoms with E-state index in [-0.39, 0.29) is 10.8 Å². The van der Waals surface area contributed by atoms with Crippen molar-refractivity contribution in [3.8, 4) is 22.5 Å². The third-order valence-corrected chi connectivity index (χ3v) is 8.17. The van der Waals surface area contributed by atoms with Crippen LogP contribution in [0.1, 0.15) is 48.8 Å². The van der Waals surface area contributed by atoms with Crippen molar-refractivity contribution in [2.45, 2.75) is 38.5 Å². The van der Waals surface area contributed by atoms with Crippen molar-refractivity contribution in [2.24, 2.45) is 0 Å². The van der Waals surface area contributed by atoms with E-state index in [2.05, 4.69) is 87.0 Å². The number of fused-ring (bicyclic) bond motifs is 10. The van der Waals surface area contributed by atoms with Gasteiger partial charge in [-0.05, 0) is 37.1 Å². The highest BCUT2D eigenvalue weighted by Crippen LogP contribution is 2.41. The Kier molecular flexibility index (Phi) is 3.87. The van der Waals surface area contributed by atoms with Crippen LogP contribution in [0.5, 0.6) is 0 Å². The van der Waals surface area contributed by atoms with E-state index in [0.717, 1.165) is 21.4 Å². The second-order valence-electron chi connectivity index (χ2n) is 8.49. The third kappa shape index (κ3) is 2.66. The fraction of sp³-hybridized carbons (Fsp3) is 0.250. The Balaban J connectivity index is 1.82. The number of aromatic nitrogens is 2. The Morgan fingerprint density at radius 1 is 0.643 bits per heavy atom. The van der Waals surface area contributed by atoms with Crippen LogP contribution in [0.15, 0.2) is 59.3 Å². The molecule has 0 saturated heterocycles. The predicted molar refractivity (Wildman–Crippen MR) is 119 cm³/mol. The van der Waals surface area contributed by atoms with Crippen LogP contribution < -0.4 is 0 Å². The maximum Gasteiger partial charge on any atom is 0.106 e. The van der Waals surface area contributed by atoms with E-state index < -0.39 is 0 Å². The summed E-state index contributed by atoms with van der Waals surface area (Å²) in [5.74, 6) is 0. The molecule has 2 aromatic carbocycles. The summed E-state index contributed by atoms with van der Waals surface area (Å²) in [7, 11) is 0. The Bertz CT molecular complexity index is 1090. The van der Waals surface area contributed by atoms with Crippen LogP contribution in [0.2, 0.25) is 0 Å². The van der Waals surface area contributed by atoms with Gasteiger partial charge in [-0.2, -0.15) is 0 Å². The molecule has 2 nitrogen and oxygen atoms in total. The lowest BCUT2D eigenvalue weighted by molar-refractivity contribution is 0.629. The molecule has 8 bridgehead atoms. The van der Waals surface area contributed by atoms with Crippen LogP contribution >= 0.6 is 22.7 Å². The third-order valence-electron chi connectivity index (χ3n) is 5.84. The van der Waals surface area contributed by atoms with Gasteiger partial charge in [0, 0.05) is 27.3 Å². The molecule has 0 aliphatic carbocycles. The van der Waals surface area contributed by atoms with Gasteiger partial charge in [0.25, 0.3) is 0 Å². The fourth-order valence-corrected chi connectivity index (χ4v) is 5.75. The second-order valence-corrected chi connectivity index (χ2v) is 10.2. The first-order valence-electron chi connectivity index (χ1n) is 9.49. The van der Waals surface area contributed by atoms with E-state index in [9.17, 15) is 0 Å². The summed E-state index contributed by atoms with van der Waals surface area (Å²) in [5, 5.41) is 6.58. The van der Waals surface area contributed by atoms with Gasteiger partial charge in [-0.3, -0.25) is 0 Å². The molecule has 0 saturated carbocycles. The van der Waals surface area contributed by atoms with E-state index in [1.807, 2.05) is 0 Å². The SMILES string of the molecule is CC1(C)c2cccc(c2)-c2csc(n2)C(C)(C)c2nc(cs2)-c2cccc1c2. The summed E-state index contributed by atoms with van der Waals surface area (Å²) in [4.78, 5) is 10.0. The van der Waals surface area contributed by atoms with Crippen LogP contribution in [-0.2, 0) is 10.8 Å². The summed E-state index contributed by atoms with van der Waals surface area (Å²) in [6.07, 6.45) is 0. The molecule has 4 heteroatoms. The van der Waals surface area contributed by atoms with Gasteiger partial charge >= 0.3 is 0 Å². The summed E-state index contributed by atoms with van der Waals surface area (Å²) in [5.41, 5.74) is 6.74. The minimum Gasteiger partial charge on any atom is -0.240 e. The Labute approximate surface area is 174 Å². The van der Waals surface area contributed by atoms with Crippen molar-refractivity contribution >= 4 is 22.7 Å². The maximum absolute atomic E-state index is 5.02. The molecule has 0 unspecified atom stereocenters. The van der Waals surface area contributed by atoms with Crippen LogP contribution in [0.4, 0.5) is 0 Å². The molecule has 28 heavy (non-hydrogen) atoms. The molecular weight excluding hydrogens is 380 g/mol. The van der Waals surface area contributed by atoms with Gasteiger partial charge in [-0.25, -0.2) is 9.97 Å². The van der Waals surface area contributed by atoms with Crippen molar-refractivity contribution in [1.29, 1.82) is 0 Å². The smallest absolute Gasteiger partial charge is 0.106 e. The molecule has 2 aromatic heterocycles. The molecule has 3 heterocycles. The van der Waals surface area contributed by atoms with Gasteiger partial charge in [0.05, 0.1) is 16.8 Å². The van der Waals surface area contributed by atoms with Gasteiger partial charge in [0.2, 0.25) is 0 Å². The molecular formula is C24H22N2S2. The second kappa shape index (κ2) is 6.10. The monoisotopic (exact) mass is 402 g/mol. The number of rotatable bonds is 0. The Morgan fingerprint density at radius 2 is 1.11 bits per heavy atom. The predicted octanol–water partition coefficient (Wildman–Crippen LogP) is 6.90. The maximum atomic E-state index is 5.02.